The van der Waals surface area contributed by atoms with E-state index in [1.165, 1.54) is 0 Å². The molecule has 1 heterocycles. The van der Waals surface area contributed by atoms with E-state index >= 15 is 0 Å². The molecule has 1 aliphatic heterocycles. The summed E-state index contributed by atoms with van der Waals surface area (Å²) < 4.78 is 44.9. The number of alkyl halides is 3. The van der Waals surface area contributed by atoms with Crippen molar-refractivity contribution in [1.29, 1.82) is 0 Å². The monoisotopic (exact) mass is 268 g/mol. The number of rotatable bonds is 2. The van der Waals surface area contributed by atoms with Crippen molar-refractivity contribution in [1.82, 2.24) is 4.90 Å². The van der Waals surface area contributed by atoms with Crippen LogP contribution in [0, 0.1) is 0 Å². The van der Waals surface area contributed by atoms with Gasteiger partial charge in [-0.25, -0.2) is 4.79 Å². The summed E-state index contributed by atoms with van der Waals surface area (Å²) in [5, 5.41) is 0. The van der Waals surface area contributed by atoms with Gasteiger partial charge in [0, 0.05) is 13.1 Å². The lowest BCUT2D eigenvalue weighted by Crippen LogP contribution is -2.39. The number of carbonyl (C=O) groups is 1. The Kier molecular flexibility index (Phi) is 5.39. The molecule has 1 saturated heterocycles. The molecule has 8 heteroatoms. The Labute approximate surface area is 103 Å². The van der Waals surface area contributed by atoms with E-state index in [-0.39, 0.29) is 0 Å². The minimum absolute atomic E-state index is 0.426. The van der Waals surface area contributed by atoms with Gasteiger partial charge in [-0.05, 0) is 6.92 Å². The lowest BCUT2D eigenvalue weighted by Gasteiger charge is -2.27. The average molecular weight is 268 g/mol. The highest BCUT2D eigenvalue weighted by molar-refractivity contribution is 5.90. The van der Waals surface area contributed by atoms with Crippen LogP contribution in [0.15, 0.2) is 4.99 Å². The number of hydrogen-bond donors (Lipinski definition) is 0. The Morgan fingerprint density at radius 3 is 2.56 bits per heavy atom. The molecule has 104 valence electrons. The van der Waals surface area contributed by atoms with Crippen LogP contribution in [-0.2, 0) is 9.47 Å². The quantitative estimate of drug-likeness (QED) is 0.566. The summed E-state index contributed by atoms with van der Waals surface area (Å²) in [6.07, 6.45) is -6.49. The van der Waals surface area contributed by atoms with Gasteiger partial charge in [-0.1, -0.05) is 0 Å². The highest BCUT2D eigenvalue weighted by atomic mass is 19.4. The van der Waals surface area contributed by atoms with Gasteiger partial charge >= 0.3 is 12.3 Å². The Morgan fingerprint density at radius 2 is 2.00 bits per heavy atom. The molecule has 0 aliphatic carbocycles. The standard InChI is InChI=1S/C10H15F3N2O3/c1-8(15-3-6-17-7-4-15)14-9(16)18-5-2-10(11,12)13/h2-7H2,1H3/b14-8-. The highest BCUT2D eigenvalue weighted by Crippen LogP contribution is 2.19. The van der Waals surface area contributed by atoms with Crippen molar-refractivity contribution in [2.75, 3.05) is 32.9 Å². The summed E-state index contributed by atoms with van der Waals surface area (Å²) in [4.78, 5) is 16.5. The summed E-state index contributed by atoms with van der Waals surface area (Å²) in [6.45, 7) is 3.18. The molecule has 5 nitrogen and oxygen atoms in total. The second-order valence-electron chi connectivity index (χ2n) is 3.74. The van der Waals surface area contributed by atoms with Crippen molar-refractivity contribution >= 4 is 11.9 Å². The lowest BCUT2D eigenvalue weighted by atomic mass is 10.4. The van der Waals surface area contributed by atoms with Crippen molar-refractivity contribution in [3.63, 3.8) is 0 Å². The van der Waals surface area contributed by atoms with Crippen LogP contribution >= 0.6 is 0 Å². The van der Waals surface area contributed by atoms with Gasteiger partial charge < -0.3 is 14.4 Å². The number of hydrogen-bond acceptors (Lipinski definition) is 3. The molecule has 0 unspecified atom stereocenters. The van der Waals surface area contributed by atoms with Crippen molar-refractivity contribution in [2.24, 2.45) is 4.99 Å². The van der Waals surface area contributed by atoms with Crippen molar-refractivity contribution < 1.29 is 27.4 Å². The Hall–Kier alpha value is -1.31. The highest BCUT2D eigenvalue weighted by Gasteiger charge is 2.27. The minimum atomic E-state index is -4.33. The number of amidine groups is 1. The van der Waals surface area contributed by atoms with Crippen LogP contribution in [0.1, 0.15) is 13.3 Å². The number of nitrogens with zero attached hydrogens (tertiary/aromatic N) is 2. The largest absolute Gasteiger partial charge is 0.448 e. The van der Waals surface area contributed by atoms with Gasteiger partial charge in [-0.3, -0.25) is 0 Å². The van der Waals surface area contributed by atoms with Gasteiger partial charge in [0.2, 0.25) is 0 Å². The molecule has 1 aliphatic rings. The van der Waals surface area contributed by atoms with E-state index in [1.54, 1.807) is 6.92 Å². The maximum atomic E-state index is 11.8. The molecule has 0 saturated carbocycles. The molecule has 0 radical (unpaired) electrons. The second kappa shape index (κ2) is 6.58. The van der Waals surface area contributed by atoms with Crippen molar-refractivity contribution in [3.05, 3.63) is 0 Å². The molecule has 0 aromatic rings. The SMILES string of the molecule is C/C(=N/C(=O)OCCC(F)(F)F)N1CCOCC1. The van der Waals surface area contributed by atoms with Crippen LogP contribution < -0.4 is 0 Å². The van der Waals surface area contributed by atoms with Crippen LogP contribution in [0.3, 0.4) is 0 Å². The molecular weight excluding hydrogens is 253 g/mol. The summed E-state index contributed by atoms with van der Waals surface area (Å²) >= 11 is 0. The van der Waals surface area contributed by atoms with Crippen molar-refractivity contribution in [3.8, 4) is 0 Å². The van der Waals surface area contributed by atoms with Gasteiger partial charge in [-0.15, -0.1) is 0 Å². The molecule has 0 aromatic heterocycles. The smallest absolute Gasteiger partial charge is 0.435 e. The fourth-order valence-corrected chi connectivity index (χ4v) is 1.38. The van der Waals surface area contributed by atoms with E-state index in [1.807, 2.05) is 4.90 Å². The molecule has 1 fully saturated rings. The normalized spacial score (nSPS) is 17.8. The average Bonchev–Trinajstić information content (AvgIpc) is 2.28. The van der Waals surface area contributed by atoms with E-state index < -0.39 is 25.3 Å². The first-order valence-corrected chi connectivity index (χ1v) is 5.50. The first kappa shape index (κ1) is 14.7. The van der Waals surface area contributed by atoms with Gasteiger partial charge in [0.1, 0.15) is 12.4 Å². The Bertz CT molecular complexity index is 312. The zero-order valence-corrected chi connectivity index (χ0v) is 10.00. The summed E-state index contributed by atoms with van der Waals surface area (Å²) in [7, 11) is 0. The predicted molar refractivity (Wildman–Crippen MR) is 57.5 cm³/mol. The Balaban J connectivity index is 2.33. The number of amides is 1. The third-order valence-corrected chi connectivity index (χ3v) is 2.33. The van der Waals surface area contributed by atoms with Crippen LogP contribution in [0.25, 0.3) is 0 Å². The molecule has 0 N–H and O–H groups in total. The van der Waals surface area contributed by atoms with Crippen LogP contribution in [0.2, 0.25) is 0 Å². The van der Waals surface area contributed by atoms with Gasteiger partial charge in [-0.2, -0.15) is 18.2 Å². The number of halogens is 3. The van der Waals surface area contributed by atoms with E-state index in [4.69, 9.17) is 4.74 Å². The molecular formula is C10H15F3N2O3. The van der Waals surface area contributed by atoms with E-state index in [2.05, 4.69) is 9.73 Å². The molecule has 0 spiro atoms. The fourth-order valence-electron chi connectivity index (χ4n) is 1.38. The number of morpholine rings is 1. The zero-order chi connectivity index (χ0) is 13.6. The molecule has 0 bridgehead atoms. The van der Waals surface area contributed by atoms with Crippen LogP contribution in [0.5, 0.6) is 0 Å². The second-order valence-corrected chi connectivity index (χ2v) is 3.74. The number of carbonyl (C=O) groups excluding carboxylic acids is 1. The lowest BCUT2D eigenvalue weighted by molar-refractivity contribution is -0.141. The fraction of sp³-hybridized carbons (Fsp3) is 0.800. The molecule has 1 rings (SSSR count). The molecule has 1 amide bonds. The van der Waals surface area contributed by atoms with Gasteiger partial charge in [0.15, 0.2) is 0 Å². The molecule has 0 atom stereocenters. The zero-order valence-electron chi connectivity index (χ0n) is 10.00. The Morgan fingerprint density at radius 1 is 1.39 bits per heavy atom. The summed E-state index contributed by atoms with van der Waals surface area (Å²) in [5.41, 5.74) is 0. The minimum Gasteiger partial charge on any atom is -0.448 e. The summed E-state index contributed by atoms with van der Waals surface area (Å²) in [5.74, 6) is 0.426. The van der Waals surface area contributed by atoms with E-state index in [0.717, 1.165) is 0 Å². The topological polar surface area (TPSA) is 51.1 Å². The third kappa shape index (κ3) is 5.85. The van der Waals surface area contributed by atoms with Gasteiger partial charge in [0.25, 0.3) is 0 Å². The third-order valence-electron chi connectivity index (χ3n) is 2.33. The maximum absolute atomic E-state index is 11.8. The van der Waals surface area contributed by atoms with Crippen LogP contribution in [0.4, 0.5) is 18.0 Å². The maximum Gasteiger partial charge on any atom is 0.435 e. The summed E-state index contributed by atoms with van der Waals surface area (Å²) in [6, 6.07) is 0. The first-order valence-electron chi connectivity index (χ1n) is 5.50. The first-order chi connectivity index (χ1) is 8.38. The number of ether oxygens (including phenoxy) is 2. The van der Waals surface area contributed by atoms with Crippen molar-refractivity contribution in [2.45, 2.75) is 19.5 Å². The van der Waals surface area contributed by atoms with E-state index in [0.29, 0.717) is 32.1 Å². The molecule has 0 aromatic carbocycles. The van der Waals surface area contributed by atoms with Gasteiger partial charge in [0.05, 0.1) is 19.6 Å². The number of aliphatic imine (C=N–C) groups is 1. The molecule has 18 heavy (non-hydrogen) atoms. The van der Waals surface area contributed by atoms with Crippen LogP contribution in [-0.4, -0.2) is 55.9 Å². The van der Waals surface area contributed by atoms with E-state index in [9.17, 15) is 18.0 Å². The predicted octanol–water partition coefficient (Wildman–Crippen LogP) is 1.83.